The maximum absolute atomic E-state index is 11.2. The summed E-state index contributed by atoms with van der Waals surface area (Å²) in [5.74, 6) is 0.454. The molecule has 0 amide bonds. The van der Waals surface area contributed by atoms with Crippen LogP contribution in [0, 0.1) is 20.2 Å². The Bertz CT molecular complexity index is 852. The number of piperazine rings is 1. The summed E-state index contributed by atoms with van der Waals surface area (Å²) in [5, 5.41) is 32.1. The van der Waals surface area contributed by atoms with E-state index in [4.69, 9.17) is 4.74 Å². The smallest absolute Gasteiger partial charge is 0.292 e. The normalized spacial score (nSPS) is 15.7. The monoisotopic (exact) mass is 402 g/mol. The van der Waals surface area contributed by atoms with Gasteiger partial charge < -0.3 is 14.7 Å². The zero-order valence-corrected chi connectivity index (χ0v) is 15.7. The van der Waals surface area contributed by atoms with Crippen molar-refractivity contribution in [2.75, 3.05) is 44.2 Å². The van der Waals surface area contributed by atoms with Gasteiger partial charge in [-0.1, -0.05) is 12.1 Å². The van der Waals surface area contributed by atoms with E-state index in [9.17, 15) is 25.3 Å². The number of rotatable bonds is 8. The second-order valence-electron chi connectivity index (χ2n) is 6.75. The minimum Gasteiger partial charge on any atom is -0.491 e. The molecule has 154 valence electrons. The van der Waals surface area contributed by atoms with Crippen LogP contribution in [0.2, 0.25) is 0 Å². The molecule has 1 N–H and O–H groups in total. The number of para-hydroxylation sites is 2. The first-order chi connectivity index (χ1) is 13.9. The third kappa shape index (κ3) is 5.39. The van der Waals surface area contributed by atoms with Crippen molar-refractivity contribution in [3.05, 3.63) is 68.8 Å². The Hall–Kier alpha value is -3.24. The fourth-order valence-electron chi connectivity index (χ4n) is 3.26. The number of anilines is 1. The van der Waals surface area contributed by atoms with Gasteiger partial charge in [0.05, 0.1) is 9.85 Å². The van der Waals surface area contributed by atoms with Crippen LogP contribution in [0.15, 0.2) is 48.5 Å². The third-order valence-electron chi connectivity index (χ3n) is 4.75. The Labute approximate surface area is 167 Å². The van der Waals surface area contributed by atoms with Crippen molar-refractivity contribution >= 4 is 17.1 Å². The molecule has 1 aliphatic rings. The van der Waals surface area contributed by atoms with Crippen LogP contribution in [-0.2, 0) is 0 Å². The van der Waals surface area contributed by atoms with Crippen molar-refractivity contribution in [1.82, 2.24) is 4.90 Å². The predicted molar refractivity (Wildman–Crippen MR) is 106 cm³/mol. The maximum atomic E-state index is 11.2. The van der Waals surface area contributed by atoms with Gasteiger partial charge in [-0.25, -0.2) is 0 Å². The number of ether oxygens (including phenoxy) is 1. The zero-order chi connectivity index (χ0) is 20.8. The summed E-state index contributed by atoms with van der Waals surface area (Å²) in [6.07, 6.45) is -0.720. The van der Waals surface area contributed by atoms with Crippen LogP contribution < -0.4 is 9.64 Å². The first-order valence-corrected chi connectivity index (χ1v) is 9.20. The van der Waals surface area contributed by atoms with Gasteiger partial charge in [0.15, 0.2) is 0 Å². The molecule has 10 nitrogen and oxygen atoms in total. The average Bonchev–Trinajstić information content (AvgIpc) is 2.73. The fourth-order valence-corrected chi connectivity index (χ4v) is 3.26. The number of hydrogen-bond donors (Lipinski definition) is 1. The first kappa shape index (κ1) is 20.5. The lowest BCUT2D eigenvalue weighted by atomic mass is 10.2. The van der Waals surface area contributed by atoms with Crippen molar-refractivity contribution in [3.63, 3.8) is 0 Å². The first-order valence-electron chi connectivity index (χ1n) is 9.20. The van der Waals surface area contributed by atoms with E-state index in [1.165, 1.54) is 30.3 Å². The van der Waals surface area contributed by atoms with E-state index in [0.717, 1.165) is 0 Å². The molecule has 0 aliphatic carbocycles. The summed E-state index contributed by atoms with van der Waals surface area (Å²) in [7, 11) is 0. The molecule has 1 atom stereocenters. The molecule has 29 heavy (non-hydrogen) atoms. The van der Waals surface area contributed by atoms with Crippen LogP contribution in [-0.4, -0.2) is 65.3 Å². The number of aliphatic hydroxyl groups excluding tert-OH is 1. The van der Waals surface area contributed by atoms with Gasteiger partial charge in [0.2, 0.25) is 0 Å². The van der Waals surface area contributed by atoms with Gasteiger partial charge in [-0.3, -0.25) is 25.1 Å². The summed E-state index contributed by atoms with van der Waals surface area (Å²) in [6.45, 7) is 3.07. The highest BCUT2D eigenvalue weighted by molar-refractivity contribution is 5.63. The highest BCUT2D eigenvalue weighted by atomic mass is 16.6. The Kier molecular flexibility index (Phi) is 6.57. The number of nitro benzene ring substituents is 2. The quantitative estimate of drug-likeness (QED) is 0.526. The maximum Gasteiger partial charge on any atom is 0.292 e. The molecule has 2 aromatic carbocycles. The van der Waals surface area contributed by atoms with Crippen molar-refractivity contribution in [3.8, 4) is 5.75 Å². The van der Waals surface area contributed by atoms with E-state index in [0.29, 0.717) is 44.2 Å². The molecule has 0 spiro atoms. The van der Waals surface area contributed by atoms with E-state index >= 15 is 0 Å². The van der Waals surface area contributed by atoms with Gasteiger partial charge in [-0.15, -0.1) is 0 Å². The van der Waals surface area contributed by atoms with Crippen molar-refractivity contribution < 1.29 is 19.7 Å². The number of nitro groups is 2. The van der Waals surface area contributed by atoms with Crippen LogP contribution in [0.5, 0.6) is 5.75 Å². The molecular weight excluding hydrogens is 380 g/mol. The van der Waals surface area contributed by atoms with Gasteiger partial charge in [0.1, 0.15) is 24.1 Å². The molecule has 0 bridgehead atoms. The molecule has 3 rings (SSSR count). The molecule has 1 saturated heterocycles. The van der Waals surface area contributed by atoms with E-state index in [2.05, 4.69) is 4.90 Å². The molecule has 1 heterocycles. The SMILES string of the molecule is O=[N+]([O-])c1ccc(OCC(O)CN2CCN(c3ccccc3[N+](=O)[O-])CC2)cc1. The Morgan fingerprint density at radius 3 is 2.24 bits per heavy atom. The Morgan fingerprint density at radius 2 is 1.62 bits per heavy atom. The second-order valence-corrected chi connectivity index (χ2v) is 6.75. The molecule has 2 aromatic rings. The van der Waals surface area contributed by atoms with Crippen LogP contribution in [0.1, 0.15) is 0 Å². The number of aliphatic hydroxyl groups is 1. The number of hydrogen-bond acceptors (Lipinski definition) is 8. The molecule has 0 radical (unpaired) electrons. The summed E-state index contributed by atoms with van der Waals surface area (Å²) < 4.78 is 5.49. The highest BCUT2D eigenvalue weighted by Gasteiger charge is 2.24. The third-order valence-corrected chi connectivity index (χ3v) is 4.75. The average molecular weight is 402 g/mol. The largest absolute Gasteiger partial charge is 0.491 e. The van der Waals surface area contributed by atoms with Crippen molar-refractivity contribution in [2.24, 2.45) is 0 Å². The number of β-amino-alcohol motifs (C(OH)–C–C–N with tert-alkyl or cyclic N) is 1. The number of nitrogens with zero attached hydrogens (tertiary/aromatic N) is 4. The molecule has 1 unspecified atom stereocenters. The van der Waals surface area contributed by atoms with Gasteiger partial charge in [0.25, 0.3) is 11.4 Å². The van der Waals surface area contributed by atoms with Gasteiger partial charge in [0, 0.05) is 50.9 Å². The fraction of sp³-hybridized carbons (Fsp3) is 0.368. The van der Waals surface area contributed by atoms with Gasteiger partial charge in [-0.05, 0) is 18.2 Å². The molecule has 0 aromatic heterocycles. The molecule has 10 heteroatoms. The Balaban J connectivity index is 1.45. The van der Waals surface area contributed by atoms with Crippen LogP contribution in [0.3, 0.4) is 0 Å². The molecular formula is C19H22N4O6. The molecule has 1 fully saturated rings. The lowest BCUT2D eigenvalue weighted by molar-refractivity contribution is -0.384. The molecule has 1 aliphatic heterocycles. The van der Waals surface area contributed by atoms with E-state index in [1.54, 1.807) is 18.2 Å². The van der Waals surface area contributed by atoms with E-state index in [1.807, 2.05) is 4.90 Å². The summed E-state index contributed by atoms with van der Waals surface area (Å²) in [6, 6.07) is 12.4. The summed E-state index contributed by atoms with van der Waals surface area (Å²) in [4.78, 5) is 25.1. The minimum atomic E-state index is -0.720. The van der Waals surface area contributed by atoms with E-state index in [-0.39, 0.29) is 22.9 Å². The summed E-state index contributed by atoms with van der Waals surface area (Å²) >= 11 is 0. The predicted octanol–water partition coefficient (Wildman–Crippen LogP) is 2.06. The number of benzene rings is 2. The lowest BCUT2D eigenvalue weighted by Crippen LogP contribution is -2.49. The zero-order valence-electron chi connectivity index (χ0n) is 15.7. The topological polar surface area (TPSA) is 122 Å². The molecule has 0 saturated carbocycles. The van der Waals surface area contributed by atoms with Crippen LogP contribution in [0.4, 0.5) is 17.1 Å². The van der Waals surface area contributed by atoms with Crippen molar-refractivity contribution in [2.45, 2.75) is 6.10 Å². The summed E-state index contributed by atoms with van der Waals surface area (Å²) in [5.41, 5.74) is 0.686. The van der Waals surface area contributed by atoms with Crippen molar-refractivity contribution in [1.29, 1.82) is 0 Å². The lowest BCUT2D eigenvalue weighted by Gasteiger charge is -2.36. The number of non-ortho nitro benzene ring substituents is 1. The Morgan fingerprint density at radius 1 is 0.966 bits per heavy atom. The van der Waals surface area contributed by atoms with Crippen LogP contribution >= 0.6 is 0 Å². The van der Waals surface area contributed by atoms with Gasteiger partial charge >= 0.3 is 0 Å². The second kappa shape index (κ2) is 9.30. The van der Waals surface area contributed by atoms with E-state index < -0.39 is 11.0 Å². The van der Waals surface area contributed by atoms with Gasteiger partial charge in [-0.2, -0.15) is 0 Å². The standard InChI is InChI=1S/C19H22N4O6/c24-16(14-29-17-7-5-15(6-8-17)22(25)26)13-20-9-11-21(12-10-20)18-3-1-2-4-19(18)23(27)28/h1-8,16,24H,9-14H2. The highest BCUT2D eigenvalue weighted by Crippen LogP contribution is 2.28. The minimum absolute atomic E-state index is 0.0191. The van der Waals surface area contributed by atoms with Crippen LogP contribution in [0.25, 0.3) is 0 Å².